The van der Waals surface area contributed by atoms with Crippen molar-refractivity contribution in [3.8, 4) is 0 Å². The van der Waals surface area contributed by atoms with E-state index >= 15 is 0 Å². The van der Waals surface area contributed by atoms with Gasteiger partial charge in [0.15, 0.2) is 23.3 Å². The second-order valence-electron chi connectivity index (χ2n) is 5.53. The van der Waals surface area contributed by atoms with E-state index in [1.165, 1.54) is 0 Å². The highest BCUT2D eigenvalue weighted by Gasteiger charge is 2.45. The maximum absolute atomic E-state index is 13.6. The van der Waals surface area contributed by atoms with Gasteiger partial charge < -0.3 is 0 Å². The molecule has 0 spiro atoms. The number of imide groups is 2. The van der Waals surface area contributed by atoms with E-state index in [2.05, 4.69) is 0 Å². The summed E-state index contributed by atoms with van der Waals surface area (Å²) in [4.78, 5) is 36.2. The van der Waals surface area contributed by atoms with E-state index in [0.717, 1.165) is 0 Å². The van der Waals surface area contributed by atoms with Gasteiger partial charge in [0.1, 0.15) is 0 Å². The molecule has 0 saturated carbocycles. The van der Waals surface area contributed by atoms with Crippen LogP contribution < -0.4 is 0 Å². The third-order valence-corrected chi connectivity index (χ3v) is 3.30. The zero-order valence-electron chi connectivity index (χ0n) is 12.5. The van der Waals surface area contributed by atoms with E-state index in [-0.39, 0.29) is 17.4 Å². The van der Waals surface area contributed by atoms with E-state index < -0.39 is 59.0 Å². The third-order valence-electron chi connectivity index (χ3n) is 3.30. The predicted octanol–water partition coefficient (Wildman–Crippen LogP) is 2.33. The van der Waals surface area contributed by atoms with Crippen LogP contribution in [0, 0.1) is 35.0 Å². The Morgan fingerprint density at radius 2 is 1.17 bits per heavy atom. The third kappa shape index (κ3) is 2.72. The molecule has 24 heavy (non-hydrogen) atoms. The van der Waals surface area contributed by atoms with Crippen molar-refractivity contribution in [1.29, 1.82) is 0 Å². The minimum Gasteiger partial charge on any atom is -0.263 e. The first-order chi connectivity index (χ1) is 11.1. The summed E-state index contributed by atoms with van der Waals surface area (Å²) in [7, 11) is 0. The van der Waals surface area contributed by atoms with Gasteiger partial charge in [-0.3, -0.25) is 19.4 Å². The van der Waals surface area contributed by atoms with Gasteiger partial charge in [-0.15, -0.1) is 0 Å². The predicted molar refractivity (Wildman–Crippen MR) is 68.7 cm³/mol. The average molecular weight is 350 g/mol. The number of halogens is 5. The van der Waals surface area contributed by atoms with Crippen molar-refractivity contribution in [2.45, 2.75) is 20.4 Å². The highest BCUT2D eigenvalue weighted by molar-refractivity contribution is 6.44. The first-order valence-corrected chi connectivity index (χ1v) is 6.75. The highest BCUT2D eigenvalue weighted by Crippen LogP contribution is 2.26. The molecule has 0 N–H and O–H groups in total. The molecule has 5 nitrogen and oxygen atoms in total. The van der Waals surface area contributed by atoms with Crippen LogP contribution in [0.3, 0.4) is 0 Å². The lowest BCUT2D eigenvalue weighted by Gasteiger charge is -2.17. The maximum atomic E-state index is 13.6. The molecule has 2 rings (SSSR count). The lowest BCUT2D eigenvalue weighted by molar-refractivity contribution is -0.143. The SMILES string of the molecule is CC(C)CN1C(=O)C(=O)N(Cc2c(F)c(F)c(F)c(F)c2F)C1=O. The molecular weight excluding hydrogens is 339 g/mol. The van der Waals surface area contributed by atoms with E-state index in [1.54, 1.807) is 13.8 Å². The number of benzene rings is 1. The molecule has 1 saturated heterocycles. The summed E-state index contributed by atoms with van der Waals surface area (Å²) in [6.45, 7) is 1.93. The van der Waals surface area contributed by atoms with Gasteiger partial charge in [0.25, 0.3) is 0 Å². The summed E-state index contributed by atoms with van der Waals surface area (Å²) in [5.74, 6) is -13.9. The van der Waals surface area contributed by atoms with E-state index in [4.69, 9.17) is 0 Å². The van der Waals surface area contributed by atoms with Crippen molar-refractivity contribution < 1.29 is 36.3 Å². The molecule has 1 heterocycles. The molecule has 1 aromatic rings. The molecule has 1 aromatic carbocycles. The van der Waals surface area contributed by atoms with Crippen LogP contribution in [0.15, 0.2) is 0 Å². The summed E-state index contributed by atoms with van der Waals surface area (Å²) < 4.78 is 66.6. The molecule has 10 heteroatoms. The number of nitrogens with zero attached hydrogens (tertiary/aromatic N) is 2. The van der Waals surface area contributed by atoms with Gasteiger partial charge in [-0.1, -0.05) is 13.8 Å². The average Bonchev–Trinajstić information content (AvgIpc) is 2.72. The second kappa shape index (κ2) is 6.17. The summed E-state index contributed by atoms with van der Waals surface area (Å²) in [5, 5.41) is 0. The van der Waals surface area contributed by atoms with Crippen LogP contribution >= 0.6 is 0 Å². The Balaban J connectivity index is 2.41. The molecule has 0 aromatic heterocycles. The Labute approximate surface area is 132 Å². The van der Waals surface area contributed by atoms with Gasteiger partial charge in [-0.05, 0) is 5.92 Å². The van der Waals surface area contributed by atoms with E-state index in [1.807, 2.05) is 0 Å². The van der Waals surface area contributed by atoms with Crippen LogP contribution in [-0.4, -0.2) is 34.2 Å². The van der Waals surface area contributed by atoms with Gasteiger partial charge in [0.05, 0.1) is 6.54 Å². The molecule has 0 bridgehead atoms. The van der Waals surface area contributed by atoms with Gasteiger partial charge >= 0.3 is 17.8 Å². The summed E-state index contributed by atoms with van der Waals surface area (Å²) in [5.41, 5.74) is -1.37. The topological polar surface area (TPSA) is 57.7 Å². The zero-order valence-corrected chi connectivity index (χ0v) is 12.5. The Morgan fingerprint density at radius 1 is 0.750 bits per heavy atom. The van der Waals surface area contributed by atoms with E-state index in [0.29, 0.717) is 4.90 Å². The Hall–Kier alpha value is -2.52. The fourth-order valence-electron chi connectivity index (χ4n) is 2.16. The molecular formula is C14H11F5N2O3. The van der Waals surface area contributed by atoms with Crippen LogP contribution in [0.5, 0.6) is 0 Å². The van der Waals surface area contributed by atoms with Crippen LogP contribution in [0.2, 0.25) is 0 Å². The van der Waals surface area contributed by atoms with Crippen molar-refractivity contribution in [2.75, 3.05) is 6.54 Å². The van der Waals surface area contributed by atoms with Gasteiger partial charge in [-0.25, -0.2) is 26.7 Å². The van der Waals surface area contributed by atoms with Crippen molar-refractivity contribution in [1.82, 2.24) is 9.80 Å². The minimum absolute atomic E-state index is 0.128. The van der Waals surface area contributed by atoms with Gasteiger partial charge in [-0.2, -0.15) is 0 Å². The number of amides is 4. The monoisotopic (exact) mass is 350 g/mol. The fraction of sp³-hybridized carbons (Fsp3) is 0.357. The standard InChI is InChI=1S/C14H11F5N2O3/c1-5(2)3-20-12(22)13(23)21(14(20)24)4-6-7(15)9(17)11(19)10(18)8(6)16/h5H,3-4H2,1-2H3. The molecule has 0 unspecified atom stereocenters. The fourth-order valence-corrected chi connectivity index (χ4v) is 2.16. The molecule has 1 fully saturated rings. The molecule has 4 amide bonds. The number of hydrogen-bond donors (Lipinski definition) is 0. The summed E-state index contributed by atoms with van der Waals surface area (Å²) in [6.07, 6.45) is 0. The van der Waals surface area contributed by atoms with Gasteiger partial charge in [0.2, 0.25) is 5.82 Å². The molecule has 0 aliphatic carbocycles. The van der Waals surface area contributed by atoms with Crippen molar-refractivity contribution >= 4 is 17.8 Å². The van der Waals surface area contributed by atoms with Crippen molar-refractivity contribution in [2.24, 2.45) is 5.92 Å². The Bertz CT molecular complexity index is 721. The molecule has 0 atom stereocenters. The first-order valence-electron chi connectivity index (χ1n) is 6.75. The smallest absolute Gasteiger partial charge is 0.263 e. The van der Waals surface area contributed by atoms with E-state index in [9.17, 15) is 36.3 Å². The highest BCUT2D eigenvalue weighted by atomic mass is 19.2. The zero-order chi connectivity index (χ0) is 18.3. The van der Waals surface area contributed by atoms with Gasteiger partial charge in [0, 0.05) is 12.1 Å². The Morgan fingerprint density at radius 3 is 1.62 bits per heavy atom. The number of hydrogen-bond acceptors (Lipinski definition) is 3. The summed E-state index contributed by atoms with van der Waals surface area (Å²) in [6, 6.07) is -1.18. The van der Waals surface area contributed by atoms with Crippen LogP contribution in [0.25, 0.3) is 0 Å². The van der Waals surface area contributed by atoms with Crippen LogP contribution in [-0.2, 0) is 16.1 Å². The van der Waals surface area contributed by atoms with Crippen molar-refractivity contribution in [3.63, 3.8) is 0 Å². The maximum Gasteiger partial charge on any atom is 0.334 e. The molecule has 130 valence electrons. The molecule has 0 radical (unpaired) electrons. The molecule has 1 aliphatic rings. The minimum atomic E-state index is -2.36. The first kappa shape index (κ1) is 17.8. The van der Waals surface area contributed by atoms with Crippen LogP contribution in [0.4, 0.5) is 26.7 Å². The second-order valence-corrected chi connectivity index (χ2v) is 5.53. The quantitative estimate of drug-likeness (QED) is 0.275. The van der Waals surface area contributed by atoms with Crippen molar-refractivity contribution in [3.05, 3.63) is 34.6 Å². The summed E-state index contributed by atoms with van der Waals surface area (Å²) >= 11 is 0. The normalized spacial score (nSPS) is 15.2. The lowest BCUT2D eigenvalue weighted by atomic mass is 10.1. The lowest BCUT2D eigenvalue weighted by Crippen LogP contribution is -2.35. The molecule has 1 aliphatic heterocycles. The number of rotatable bonds is 4. The number of carbonyl (C=O) groups is 3. The van der Waals surface area contributed by atoms with Crippen LogP contribution in [0.1, 0.15) is 19.4 Å². The largest absolute Gasteiger partial charge is 0.334 e. The Kier molecular flexibility index (Phi) is 4.59. The number of urea groups is 1. The number of carbonyl (C=O) groups excluding carboxylic acids is 3.